The fraction of sp³-hybridized carbons (Fsp3) is 0.474. The molecule has 1 unspecified atom stereocenters. The van der Waals surface area contributed by atoms with Crippen molar-refractivity contribution in [3.8, 4) is 0 Å². The molecule has 1 aliphatic carbocycles. The lowest BCUT2D eigenvalue weighted by Gasteiger charge is -2.41. The Balaban J connectivity index is 1.73. The maximum Gasteiger partial charge on any atom is 0.349 e. The molecule has 1 atom stereocenters. The van der Waals surface area contributed by atoms with Crippen molar-refractivity contribution in [3.05, 3.63) is 44.8 Å². The van der Waals surface area contributed by atoms with E-state index < -0.39 is 17.5 Å². The minimum atomic E-state index is -1.19. The number of amides is 1. The molecule has 0 aliphatic heterocycles. The quantitative estimate of drug-likeness (QED) is 0.761. The molecule has 0 saturated heterocycles. The van der Waals surface area contributed by atoms with Gasteiger partial charge in [-0.3, -0.25) is 4.79 Å². The van der Waals surface area contributed by atoms with Crippen LogP contribution in [-0.2, 0) is 9.53 Å². The van der Waals surface area contributed by atoms with Gasteiger partial charge in [0.2, 0.25) is 0 Å². The van der Waals surface area contributed by atoms with Gasteiger partial charge in [-0.05, 0) is 68.6 Å². The first-order valence-electron chi connectivity index (χ1n) is 8.69. The van der Waals surface area contributed by atoms with Crippen LogP contribution in [0.1, 0.15) is 46.3 Å². The van der Waals surface area contributed by atoms with Crippen molar-refractivity contribution in [2.75, 3.05) is 14.1 Å². The van der Waals surface area contributed by atoms with E-state index in [9.17, 15) is 9.59 Å². The third-order valence-corrected chi connectivity index (χ3v) is 6.93. The number of nitrogens with zero attached hydrogens (tertiary/aromatic N) is 1. The van der Waals surface area contributed by atoms with Crippen molar-refractivity contribution >= 4 is 34.6 Å². The van der Waals surface area contributed by atoms with Crippen molar-refractivity contribution in [1.29, 1.82) is 0 Å². The highest BCUT2D eigenvalue weighted by molar-refractivity contribution is 7.12. The number of primary amides is 1. The van der Waals surface area contributed by atoms with Gasteiger partial charge in [-0.1, -0.05) is 12.1 Å². The predicted octanol–water partition coefficient (Wildman–Crippen LogP) is 3.68. The summed E-state index contributed by atoms with van der Waals surface area (Å²) in [4.78, 5) is 28.6. The average molecular weight is 393 g/mol. The van der Waals surface area contributed by atoms with Gasteiger partial charge in [0.1, 0.15) is 4.88 Å². The first-order chi connectivity index (χ1) is 12.4. The molecule has 2 aromatic heterocycles. The molecule has 0 aromatic carbocycles. The average Bonchev–Trinajstić information content (AvgIpc) is 3.30. The van der Waals surface area contributed by atoms with E-state index in [2.05, 4.69) is 36.5 Å². The molecule has 0 bridgehead atoms. The van der Waals surface area contributed by atoms with Crippen LogP contribution in [0.15, 0.2) is 35.0 Å². The highest BCUT2D eigenvalue weighted by Crippen LogP contribution is 2.43. The molecule has 2 aromatic rings. The number of ether oxygens (including phenoxy) is 1. The van der Waals surface area contributed by atoms with Crippen molar-refractivity contribution in [1.82, 2.24) is 4.90 Å². The second kappa shape index (κ2) is 7.90. The van der Waals surface area contributed by atoms with Gasteiger partial charge in [0.25, 0.3) is 5.91 Å². The van der Waals surface area contributed by atoms with Crippen LogP contribution in [0.4, 0.5) is 0 Å². The van der Waals surface area contributed by atoms with E-state index in [1.54, 1.807) is 23.5 Å². The number of thiophene rings is 2. The molecule has 1 fully saturated rings. The summed E-state index contributed by atoms with van der Waals surface area (Å²) >= 11 is 3.06. The highest BCUT2D eigenvalue weighted by Gasteiger charge is 2.46. The Kier molecular flexibility index (Phi) is 5.79. The summed E-state index contributed by atoms with van der Waals surface area (Å²) in [7, 11) is 4.16. The third-order valence-electron chi connectivity index (χ3n) is 5.13. The van der Waals surface area contributed by atoms with Gasteiger partial charge in [0, 0.05) is 10.9 Å². The molecular weight excluding hydrogens is 368 g/mol. The van der Waals surface area contributed by atoms with Crippen LogP contribution in [0.5, 0.6) is 0 Å². The molecule has 0 spiro atoms. The van der Waals surface area contributed by atoms with E-state index in [-0.39, 0.29) is 0 Å². The summed E-state index contributed by atoms with van der Waals surface area (Å²) in [5, 5.41) is 3.90. The monoisotopic (exact) mass is 392 g/mol. The molecule has 2 N–H and O–H groups in total. The SMILES string of the molecule is CN(C)C(c1cccs1)C1CCC(OC(=O)c2cccs2)(C(N)=O)CC1. The molecule has 1 amide bonds. The van der Waals surface area contributed by atoms with E-state index in [0.717, 1.165) is 12.8 Å². The number of hydrogen-bond acceptors (Lipinski definition) is 6. The minimum absolute atomic E-state index is 0.300. The number of rotatable bonds is 6. The van der Waals surface area contributed by atoms with Crippen LogP contribution in [0.2, 0.25) is 0 Å². The molecule has 5 nitrogen and oxygen atoms in total. The molecule has 1 saturated carbocycles. The standard InChI is InChI=1S/C19H24N2O3S2/c1-21(2)16(14-5-3-11-25-14)13-7-9-19(10-8-13,18(20)23)24-17(22)15-6-4-12-26-15/h3-6,11-13,16H,7-10H2,1-2H3,(H2,20,23). The van der Waals surface area contributed by atoms with E-state index in [4.69, 9.17) is 10.5 Å². The van der Waals surface area contributed by atoms with Gasteiger partial charge < -0.3 is 15.4 Å². The molecule has 3 rings (SSSR count). The summed E-state index contributed by atoms with van der Waals surface area (Å²) in [5.74, 6) is -0.602. The number of nitrogens with two attached hydrogens (primary N) is 1. The summed E-state index contributed by atoms with van der Waals surface area (Å²) in [6.07, 6.45) is 2.53. The van der Waals surface area contributed by atoms with E-state index in [0.29, 0.717) is 29.7 Å². The molecule has 26 heavy (non-hydrogen) atoms. The summed E-state index contributed by atoms with van der Waals surface area (Å²) < 4.78 is 5.65. The van der Waals surface area contributed by atoms with Crippen LogP contribution in [0.25, 0.3) is 0 Å². The zero-order chi connectivity index (χ0) is 18.7. The maximum absolute atomic E-state index is 12.4. The number of carbonyl (C=O) groups excluding carboxylic acids is 2. The number of hydrogen-bond donors (Lipinski definition) is 1. The second-order valence-electron chi connectivity index (χ2n) is 6.99. The van der Waals surface area contributed by atoms with Crippen LogP contribution in [-0.4, -0.2) is 36.5 Å². The first-order valence-corrected chi connectivity index (χ1v) is 10.5. The molecular formula is C19H24N2O3S2. The van der Waals surface area contributed by atoms with Crippen LogP contribution in [0, 0.1) is 5.92 Å². The van der Waals surface area contributed by atoms with Crippen LogP contribution in [0.3, 0.4) is 0 Å². The first kappa shape index (κ1) is 19.1. The number of carbonyl (C=O) groups is 2. The zero-order valence-electron chi connectivity index (χ0n) is 15.0. The summed E-state index contributed by atoms with van der Waals surface area (Å²) in [6, 6.07) is 8.01. The Morgan fingerprint density at radius 1 is 1.19 bits per heavy atom. The normalized spacial score (nSPS) is 24.3. The Morgan fingerprint density at radius 2 is 1.85 bits per heavy atom. The lowest BCUT2D eigenvalue weighted by molar-refractivity contribution is -0.142. The maximum atomic E-state index is 12.4. The van der Waals surface area contributed by atoms with Crippen molar-refractivity contribution < 1.29 is 14.3 Å². The summed E-state index contributed by atoms with van der Waals surface area (Å²) in [6.45, 7) is 0. The van der Waals surface area contributed by atoms with E-state index in [1.807, 2.05) is 5.38 Å². The van der Waals surface area contributed by atoms with Crippen LogP contribution >= 0.6 is 22.7 Å². The van der Waals surface area contributed by atoms with Gasteiger partial charge in [0.05, 0.1) is 0 Å². The fourth-order valence-corrected chi connectivity index (χ4v) is 5.42. The fourth-order valence-electron chi connectivity index (χ4n) is 3.81. The molecule has 1 aliphatic rings. The Morgan fingerprint density at radius 3 is 2.35 bits per heavy atom. The van der Waals surface area contributed by atoms with E-state index in [1.165, 1.54) is 16.2 Å². The molecule has 0 radical (unpaired) electrons. The smallest absolute Gasteiger partial charge is 0.349 e. The van der Waals surface area contributed by atoms with Crippen molar-refractivity contribution in [3.63, 3.8) is 0 Å². The van der Waals surface area contributed by atoms with E-state index >= 15 is 0 Å². The Bertz CT molecular complexity index is 733. The summed E-state index contributed by atoms with van der Waals surface area (Å²) in [5.41, 5.74) is 4.47. The molecule has 2 heterocycles. The zero-order valence-corrected chi connectivity index (χ0v) is 16.6. The van der Waals surface area contributed by atoms with Gasteiger partial charge in [0.15, 0.2) is 5.60 Å². The van der Waals surface area contributed by atoms with Crippen molar-refractivity contribution in [2.45, 2.75) is 37.3 Å². The largest absolute Gasteiger partial charge is 0.445 e. The van der Waals surface area contributed by atoms with Gasteiger partial charge in [-0.15, -0.1) is 22.7 Å². The Hall–Kier alpha value is -1.70. The van der Waals surface area contributed by atoms with Crippen molar-refractivity contribution in [2.24, 2.45) is 11.7 Å². The molecule has 7 heteroatoms. The third kappa shape index (κ3) is 3.84. The van der Waals surface area contributed by atoms with Gasteiger partial charge >= 0.3 is 5.97 Å². The number of esters is 1. The topological polar surface area (TPSA) is 72.6 Å². The highest BCUT2D eigenvalue weighted by atomic mass is 32.1. The minimum Gasteiger partial charge on any atom is -0.445 e. The lowest BCUT2D eigenvalue weighted by Crippen LogP contribution is -2.50. The predicted molar refractivity (Wildman–Crippen MR) is 104 cm³/mol. The van der Waals surface area contributed by atoms with Gasteiger partial charge in [-0.2, -0.15) is 0 Å². The van der Waals surface area contributed by atoms with Crippen LogP contribution < -0.4 is 5.73 Å². The lowest BCUT2D eigenvalue weighted by atomic mass is 9.74. The second-order valence-corrected chi connectivity index (χ2v) is 8.91. The molecule has 140 valence electrons. The Labute approximate surface area is 161 Å². The van der Waals surface area contributed by atoms with Gasteiger partial charge in [-0.25, -0.2) is 4.79 Å².